The van der Waals surface area contributed by atoms with Gasteiger partial charge < -0.3 is 0 Å². The van der Waals surface area contributed by atoms with Crippen molar-refractivity contribution in [3.8, 4) is 0 Å². The van der Waals surface area contributed by atoms with Crippen molar-refractivity contribution < 1.29 is 13.2 Å². The lowest BCUT2D eigenvalue weighted by Gasteiger charge is -2.08. The summed E-state index contributed by atoms with van der Waals surface area (Å²) in [5.74, 6) is -0.304. The van der Waals surface area contributed by atoms with Gasteiger partial charge in [0.25, 0.3) is 10.0 Å². The van der Waals surface area contributed by atoms with Crippen molar-refractivity contribution >= 4 is 27.3 Å². The van der Waals surface area contributed by atoms with Crippen molar-refractivity contribution in [3.05, 3.63) is 22.9 Å². The van der Waals surface area contributed by atoms with Crippen LogP contribution in [0.3, 0.4) is 0 Å². The van der Waals surface area contributed by atoms with Crippen LogP contribution < -0.4 is 4.72 Å². The highest BCUT2D eigenvalue weighted by Crippen LogP contribution is 2.24. The Balaban J connectivity index is 2.06. The molecule has 1 aliphatic carbocycles. The van der Waals surface area contributed by atoms with Crippen LogP contribution in [-0.4, -0.2) is 19.3 Å². The van der Waals surface area contributed by atoms with Crippen LogP contribution in [0.25, 0.3) is 0 Å². The second-order valence-electron chi connectivity index (χ2n) is 4.60. The third-order valence-electron chi connectivity index (χ3n) is 2.91. The fourth-order valence-corrected chi connectivity index (χ4v) is 4.58. The standard InChI is InChI=1S/C12H16N2O3S2/c1-8-12(18-9(2)13-8)19(16,17)14-11(15)7-10-5-3-4-6-10/h3,5,10H,4,6-7H2,1-2H3,(H,14,15)/t10-/m0/s1. The molecule has 19 heavy (non-hydrogen) atoms. The Hall–Kier alpha value is -1.21. The number of nitrogens with one attached hydrogen (secondary N) is 1. The van der Waals surface area contributed by atoms with E-state index in [1.54, 1.807) is 13.8 Å². The minimum Gasteiger partial charge on any atom is -0.274 e. The van der Waals surface area contributed by atoms with E-state index in [1.807, 2.05) is 12.2 Å². The first-order valence-electron chi connectivity index (χ1n) is 6.05. The van der Waals surface area contributed by atoms with E-state index in [9.17, 15) is 13.2 Å². The van der Waals surface area contributed by atoms with Gasteiger partial charge in [-0.25, -0.2) is 18.1 Å². The predicted molar refractivity (Wildman–Crippen MR) is 73.4 cm³/mol. The zero-order chi connectivity index (χ0) is 14.0. The smallest absolute Gasteiger partial charge is 0.274 e. The number of hydrogen-bond acceptors (Lipinski definition) is 5. The average Bonchev–Trinajstić information content (AvgIpc) is 2.87. The third-order valence-corrected chi connectivity index (χ3v) is 5.97. The van der Waals surface area contributed by atoms with Gasteiger partial charge in [0.15, 0.2) is 4.21 Å². The zero-order valence-electron chi connectivity index (χ0n) is 10.8. The van der Waals surface area contributed by atoms with Crippen LogP contribution >= 0.6 is 11.3 Å². The van der Waals surface area contributed by atoms with Gasteiger partial charge in [0.1, 0.15) is 0 Å². The van der Waals surface area contributed by atoms with Gasteiger partial charge in [0, 0.05) is 6.42 Å². The molecule has 0 saturated carbocycles. The molecular weight excluding hydrogens is 284 g/mol. The number of nitrogens with zero attached hydrogens (tertiary/aromatic N) is 1. The van der Waals surface area contributed by atoms with Crippen molar-refractivity contribution in [2.24, 2.45) is 5.92 Å². The molecule has 0 aromatic carbocycles. The lowest BCUT2D eigenvalue weighted by Crippen LogP contribution is -2.31. The molecule has 2 rings (SSSR count). The first-order chi connectivity index (χ1) is 8.88. The van der Waals surface area contributed by atoms with E-state index < -0.39 is 15.9 Å². The molecule has 1 aromatic rings. The van der Waals surface area contributed by atoms with E-state index in [0.717, 1.165) is 24.2 Å². The summed E-state index contributed by atoms with van der Waals surface area (Å²) in [6.07, 6.45) is 6.06. The maximum Gasteiger partial charge on any atom is 0.275 e. The topological polar surface area (TPSA) is 76.1 Å². The Morgan fingerprint density at radius 2 is 2.26 bits per heavy atom. The molecule has 0 radical (unpaired) electrons. The number of aryl methyl sites for hydroxylation is 2. The fraction of sp³-hybridized carbons (Fsp3) is 0.500. The minimum atomic E-state index is -3.78. The van der Waals surface area contributed by atoms with Gasteiger partial charge in [-0.05, 0) is 32.6 Å². The van der Waals surface area contributed by atoms with Crippen LogP contribution in [0.15, 0.2) is 16.4 Å². The quantitative estimate of drug-likeness (QED) is 0.862. The highest BCUT2D eigenvalue weighted by molar-refractivity contribution is 7.92. The summed E-state index contributed by atoms with van der Waals surface area (Å²) in [7, 11) is -3.78. The molecule has 1 heterocycles. The van der Waals surface area contributed by atoms with Gasteiger partial charge in [-0.15, -0.1) is 11.3 Å². The highest BCUT2D eigenvalue weighted by Gasteiger charge is 2.24. The zero-order valence-corrected chi connectivity index (χ0v) is 12.5. The number of thiazole rings is 1. The van der Waals surface area contributed by atoms with Gasteiger partial charge in [-0.1, -0.05) is 12.2 Å². The Kier molecular flexibility index (Phi) is 4.05. The molecule has 1 aromatic heterocycles. The molecule has 1 N–H and O–H groups in total. The van der Waals surface area contributed by atoms with Gasteiger partial charge >= 0.3 is 0 Å². The summed E-state index contributed by atoms with van der Waals surface area (Å²) in [6, 6.07) is 0. The minimum absolute atomic E-state index is 0.125. The molecule has 1 atom stereocenters. The van der Waals surface area contributed by atoms with E-state index in [-0.39, 0.29) is 16.5 Å². The van der Waals surface area contributed by atoms with Crippen molar-refractivity contribution in [2.45, 2.75) is 37.3 Å². The molecule has 104 valence electrons. The summed E-state index contributed by atoms with van der Waals surface area (Å²) in [4.78, 5) is 15.8. The fourth-order valence-electron chi connectivity index (χ4n) is 2.10. The first-order valence-corrected chi connectivity index (χ1v) is 8.35. The van der Waals surface area contributed by atoms with Crippen LogP contribution in [0.1, 0.15) is 30.0 Å². The number of aromatic nitrogens is 1. The van der Waals surface area contributed by atoms with Crippen LogP contribution in [0.4, 0.5) is 0 Å². The van der Waals surface area contributed by atoms with E-state index in [0.29, 0.717) is 10.7 Å². The molecule has 0 unspecified atom stereocenters. The maximum atomic E-state index is 12.1. The third kappa shape index (κ3) is 3.42. The van der Waals surface area contributed by atoms with Gasteiger partial charge in [-0.3, -0.25) is 4.79 Å². The summed E-state index contributed by atoms with van der Waals surface area (Å²) < 4.78 is 26.4. The highest BCUT2D eigenvalue weighted by atomic mass is 32.2. The summed E-state index contributed by atoms with van der Waals surface area (Å²) >= 11 is 1.08. The van der Waals surface area contributed by atoms with E-state index in [1.165, 1.54) is 0 Å². The summed E-state index contributed by atoms with van der Waals surface area (Å²) in [6.45, 7) is 3.37. The van der Waals surface area contributed by atoms with E-state index >= 15 is 0 Å². The normalized spacial score (nSPS) is 18.7. The monoisotopic (exact) mass is 300 g/mol. The Bertz CT molecular complexity index is 617. The number of sulfonamides is 1. The first kappa shape index (κ1) is 14.2. The molecule has 7 heteroatoms. The number of allylic oxidation sites excluding steroid dienone is 2. The van der Waals surface area contributed by atoms with Crippen LogP contribution in [0.2, 0.25) is 0 Å². The largest absolute Gasteiger partial charge is 0.275 e. The lowest BCUT2D eigenvalue weighted by atomic mass is 10.1. The SMILES string of the molecule is Cc1nc(C)c(S(=O)(=O)NC(=O)C[C@H]2C=CCC2)s1. The van der Waals surface area contributed by atoms with Crippen LogP contribution in [0.5, 0.6) is 0 Å². The Labute approximate surface area is 116 Å². The average molecular weight is 300 g/mol. The van der Waals surface area contributed by atoms with Crippen LogP contribution in [0, 0.1) is 19.8 Å². The van der Waals surface area contributed by atoms with Crippen molar-refractivity contribution in [2.75, 3.05) is 0 Å². The molecule has 0 fully saturated rings. The molecule has 0 bridgehead atoms. The molecule has 0 spiro atoms. The Morgan fingerprint density at radius 1 is 1.53 bits per heavy atom. The van der Waals surface area contributed by atoms with E-state index in [4.69, 9.17) is 0 Å². The molecule has 0 saturated heterocycles. The molecule has 5 nitrogen and oxygen atoms in total. The number of hydrogen-bond donors (Lipinski definition) is 1. The summed E-state index contributed by atoms with van der Waals surface area (Å²) in [5, 5.41) is 0.670. The predicted octanol–water partition coefficient (Wildman–Crippen LogP) is 1.92. The lowest BCUT2D eigenvalue weighted by molar-refractivity contribution is -0.119. The maximum absolute atomic E-state index is 12.1. The van der Waals surface area contributed by atoms with Crippen LogP contribution in [-0.2, 0) is 14.8 Å². The number of amides is 1. The summed E-state index contributed by atoms with van der Waals surface area (Å²) in [5.41, 5.74) is 0.434. The van der Waals surface area contributed by atoms with Crippen molar-refractivity contribution in [1.82, 2.24) is 9.71 Å². The van der Waals surface area contributed by atoms with Crippen molar-refractivity contribution in [3.63, 3.8) is 0 Å². The number of carbonyl (C=O) groups excluding carboxylic acids is 1. The van der Waals surface area contributed by atoms with Crippen molar-refractivity contribution in [1.29, 1.82) is 0 Å². The second-order valence-corrected chi connectivity index (χ2v) is 7.68. The van der Waals surface area contributed by atoms with Gasteiger partial charge in [0.05, 0.1) is 10.7 Å². The Morgan fingerprint density at radius 3 is 2.79 bits per heavy atom. The second kappa shape index (κ2) is 5.42. The molecule has 1 aliphatic rings. The molecule has 0 aliphatic heterocycles. The number of carbonyl (C=O) groups is 1. The van der Waals surface area contributed by atoms with E-state index in [2.05, 4.69) is 9.71 Å². The molecular formula is C12H16N2O3S2. The van der Waals surface area contributed by atoms with Gasteiger partial charge in [-0.2, -0.15) is 0 Å². The van der Waals surface area contributed by atoms with Gasteiger partial charge in [0.2, 0.25) is 5.91 Å². The molecule has 1 amide bonds. The number of rotatable bonds is 4.